The summed E-state index contributed by atoms with van der Waals surface area (Å²) < 4.78 is 33.3. The van der Waals surface area contributed by atoms with Crippen molar-refractivity contribution in [2.24, 2.45) is 5.73 Å². The van der Waals surface area contributed by atoms with Crippen molar-refractivity contribution < 1.29 is 13.5 Å². The van der Waals surface area contributed by atoms with Crippen LogP contribution in [0.1, 0.15) is 5.56 Å². The van der Waals surface area contributed by atoms with Crippen molar-refractivity contribution in [1.29, 1.82) is 5.41 Å². The first-order chi connectivity index (χ1) is 8.99. The van der Waals surface area contributed by atoms with Gasteiger partial charge < -0.3 is 10.5 Å². The van der Waals surface area contributed by atoms with Crippen LogP contribution in [0.15, 0.2) is 40.9 Å². The van der Waals surface area contributed by atoms with Crippen molar-refractivity contribution in [3.8, 4) is 11.5 Å². The van der Waals surface area contributed by atoms with E-state index in [4.69, 9.17) is 15.9 Å². The fourth-order valence-corrected chi connectivity index (χ4v) is 1.82. The van der Waals surface area contributed by atoms with Gasteiger partial charge in [0.25, 0.3) is 0 Å². The molecule has 0 atom stereocenters. The molecule has 0 heterocycles. The van der Waals surface area contributed by atoms with Crippen molar-refractivity contribution >= 4 is 21.8 Å². The number of halogens is 3. The monoisotopic (exact) mass is 326 g/mol. The highest BCUT2D eigenvalue weighted by Crippen LogP contribution is 2.32. The number of nitrogen functional groups attached to an aromatic ring is 1. The molecule has 0 amide bonds. The molecule has 0 radical (unpaired) electrons. The van der Waals surface area contributed by atoms with Gasteiger partial charge in [0, 0.05) is 5.56 Å². The molecular weight excluding hydrogens is 318 g/mol. The van der Waals surface area contributed by atoms with Gasteiger partial charge in [-0.15, -0.1) is 0 Å². The average molecular weight is 327 g/mol. The fraction of sp³-hybridized carbons (Fsp3) is 0. The predicted octanol–water partition coefficient (Wildman–Crippen LogP) is 3.80. The van der Waals surface area contributed by atoms with Crippen LogP contribution >= 0.6 is 15.9 Å². The van der Waals surface area contributed by atoms with E-state index in [1.807, 2.05) is 0 Å². The first-order valence-electron chi connectivity index (χ1n) is 5.25. The molecule has 0 aromatic heterocycles. The van der Waals surface area contributed by atoms with Crippen LogP contribution in [-0.2, 0) is 0 Å². The summed E-state index contributed by atoms with van der Waals surface area (Å²) in [5, 5.41) is 7.15. The largest absolute Gasteiger partial charge is 0.450 e. The molecule has 0 aliphatic heterocycles. The van der Waals surface area contributed by atoms with Crippen molar-refractivity contribution in [2.75, 3.05) is 0 Å². The summed E-state index contributed by atoms with van der Waals surface area (Å²) in [7, 11) is 0. The lowest BCUT2D eigenvalue weighted by atomic mass is 10.2. The van der Waals surface area contributed by atoms with Gasteiger partial charge in [-0.05, 0) is 40.2 Å². The van der Waals surface area contributed by atoms with E-state index in [-0.39, 0.29) is 11.3 Å². The zero-order chi connectivity index (χ0) is 14.0. The van der Waals surface area contributed by atoms with Crippen LogP contribution in [0.3, 0.4) is 0 Å². The van der Waals surface area contributed by atoms with Crippen LogP contribution in [0.4, 0.5) is 8.78 Å². The molecule has 6 heteroatoms. The van der Waals surface area contributed by atoms with Gasteiger partial charge in [-0.1, -0.05) is 12.1 Å². The normalized spacial score (nSPS) is 10.3. The quantitative estimate of drug-likeness (QED) is 0.665. The zero-order valence-corrected chi connectivity index (χ0v) is 11.2. The molecule has 0 fully saturated rings. The Morgan fingerprint density at radius 2 is 1.74 bits per heavy atom. The number of nitrogens with two attached hydrogens (primary N) is 1. The van der Waals surface area contributed by atoms with Gasteiger partial charge in [0.05, 0.1) is 4.47 Å². The Kier molecular flexibility index (Phi) is 3.80. The van der Waals surface area contributed by atoms with E-state index in [1.165, 1.54) is 0 Å². The van der Waals surface area contributed by atoms with Gasteiger partial charge in [-0.3, -0.25) is 5.41 Å². The number of amidine groups is 1. The van der Waals surface area contributed by atoms with Crippen LogP contribution < -0.4 is 10.5 Å². The maximum absolute atomic E-state index is 13.8. The maximum Gasteiger partial charge on any atom is 0.198 e. The van der Waals surface area contributed by atoms with Gasteiger partial charge in [0.15, 0.2) is 17.4 Å². The Labute approximate surface area is 116 Å². The van der Waals surface area contributed by atoms with Gasteiger partial charge >= 0.3 is 0 Å². The second kappa shape index (κ2) is 5.36. The maximum atomic E-state index is 13.8. The third kappa shape index (κ3) is 2.90. The Balaban J connectivity index is 2.42. The second-order valence-electron chi connectivity index (χ2n) is 3.72. The van der Waals surface area contributed by atoms with Gasteiger partial charge in [0.1, 0.15) is 11.6 Å². The molecule has 0 unspecified atom stereocenters. The Hall–Kier alpha value is -1.95. The molecule has 3 nitrogen and oxygen atoms in total. The van der Waals surface area contributed by atoms with Crippen molar-refractivity contribution in [3.05, 3.63) is 58.1 Å². The van der Waals surface area contributed by atoms with E-state index >= 15 is 0 Å². The van der Waals surface area contributed by atoms with E-state index in [1.54, 1.807) is 24.3 Å². The summed E-state index contributed by atoms with van der Waals surface area (Å²) in [6.07, 6.45) is 0. The van der Waals surface area contributed by atoms with Crippen LogP contribution in [0, 0.1) is 17.0 Å². The molecule has 3 N–H and O–H groups in total. The molecule has 2 aromatic carbocycles. The Morgan fingerprint density at radius 1 is 1.16 bits per heavy atom. The summed E-state index contributed by atoms with van der Waals surface area (Å²) in [4.78, 5) is 0. The molecule has 2 rings (SSSR count). The van der Waals surface area contributed by atoms with Crippen LogP contribution in [0.25, 0.3) is 0 Å². The number of para-hydroxylation sites is 1. The van der Waals surface area contributed by atoms with E-state index in [0.29, 0.717) is 4.47 Å². The third-order valence-corrected chi connectivity index (χ3v) is 3.01. The molecular formula is C13H9BrF2N2O. The highest BCUT2D eigenvalue weighted by atomic mass is 79.9. The molecule has 0 spiro atoms. The lowest BCUT2D eigenvalue weighted by molar-refractivity contribution is 0.405. The zero-order valence-electron chi connectivity index (χ0n) is 9.58. The summed E-state index contributed by atoms with van der Waals surface area (Å²) in [5.74, 6) is -2.49. The first kappa shape index (κ1) is 13.5. The van der Waals surface area contributed by atoms with E-state index in [9.17, 15) is 8.78 Å². The Bertz CT molecular complexity index is 623. The minimum absolute atomic E-state index is 0.0329. The third-order valence-electron chi connectivity index (χ3n) is 2.36. The summed E-state index contributed by atoms with van der Waals surface area (Å²) in [6.45, 7) is 0. The topological polar surface area (TPSA) is 59.1 Å². The summed E-state index contributed by atoms with van der Waals surface area (Å²) in [5.41, 5.74) is 5.15. The molecule has 2 aromatic rings. The summed E-state index contributed by atoms with van der Waals surface area (Å²) in [6, 6.07) is 8.61. The fourth-order valence-electron chi connectivity index (χ4n) is 1.45. The van der Waals surface area contributed by atoms with Crippen molar-refractivity contribution in [1.82, 2.24) is 0 Å². The lowest BCUT2D eigenvalue weighted by Gasteiger charge is -2.10. The predicted molar refractivity (Wildman–Crippen MR) is 71.6 cm³/mol. The highest BCUT2D eigenvalue weighted by Gasteiger charge is 2.15. The molecule has 98 valence electrons. The number of benzene rings is 2. The summed E-state index contributed by atoms with van der Waals surface area (Å²) >= 11 is 3.22. The lowest BCUT2D eigenvalue weighted by Crippen LogP contribution is -2.12. The van der Waals surface area contributed by atoms with Gasteiger partial charge in [-0.25, -0.2) is 8.78 Å². The number of hydrogen-bond donors (Lipinski definition) is 2. The molecule has 0 saturated carbocycles. The van der Waals surface area contributed by atoms with E-state index < -0.39 is 23.2 Å². The van der Waals surface area contributed by atoms with E-state index in [0.717, 1.165) is 12.1 Å². The van der Waals surface area contributed by atoms with Crippen LogP contribution in [-0.4, -0.2) is 5.84 Å². The van der Waals surface area contributed by atoms with E-state index in [2.05, 4.69) is 15.9 Å². The smallest absolute Gasteiger partial charge is 0.198 e. The van der Waals surface area contributed by atoms with Gasteiger partial charge in [-0.2, -0.15) is 0 Å². The number of nitrogens with one attached hydrogen (secondary N) is 1. The number of rotatable bonds is 3. The molecule has 0 saturated heterocycles. The minimum Gasteiger partial charge on any atom is -0.450 e. The van der Waals surface area contributed by atoms with Gasteiger partial charge in [0.2, 0.25) is 0 Å². The average Bonchev–Trinajstić information content (AvgIpc) is 2.35. The number of ether oxygens (including phenoxy) is 1. The number of hydrogen-bond acceptors (Lipinski definition) is 2. The Morgan fingerprint density at radius 3 is 2.26 bits per heavy atom. The van der Waals surface area contributed by atoms with Crippen molar-refractivity contribution in [2.45, 2.75) is 0 Å². The molecule has 0 aliphatic carbocycles. The van der Waals surface area contributed by atoms with Crippen molar-refractivity contribution in [3.63, 3.8) is 0 Å². The van der Waals surface area contributed by atoms with Crippen LogP contribution in [0.2, 0.25) is 0 Å². The molecule has 0 bridgehead atoms. The van der Waals surface area contributed by atoms with Crippen LogP contribution in [0.5, 0.6) is 11.5 Å². The molecule has 0 aliphatic rings. The first-order valence-corrected chi connectivity index (χ1v) is 6.04. The SMILES string of the molecule is N=C(N)c1cc(F)c(Oc2ccccc2Br)c(F)c1. The minimum atomic E-state index is -0.916. The molecule has 19 heavy (non-hydrogen) atoms. The second-order valence-corrected chi connectivity index (χ2v) is 4.57. The standard InChI is InChI=1S/C13H9BrF2N2O/c14-8-3-1-2-4-11(8)19-12-9(15)5-7(13(17)18)6-10(12)16/h1-6H,(H3,17,18). The highest BCUT2D eigenvalue weighted by molar-refractivity contribution is 9.10.